The highest BCUT2D eigenvalue weighted by molar-refractivity contribution is 8.00. The summed E-state index contributed by atoms with van der Waals surface area (Å²) < 4.78 is 4.97. The van der Waals surface area contributed by atoms with Crippen LogP contribution in [0.2, 0.25) is 5.02 Å². The molecule has 0 aliphatic rings. The first-order valence-electron chi connectivity index (χ1n) is 6.57. The van der Waals surface area contributed by atoms with Crippen LogP contribution >= 0.6 is 23.4 Å². The fraction of sp³-hybridized carbons (Fsp3) is 0.214. The van der Waals surface area contributed by atoms with Crippen LogP contribution in [-0.2, 0) is 4.79 Å². The average molecular weight is 337 g/mol. The smallest absolute Gasteiger partial charge is 0.240 e. The summed E-state index contributed by atoms with van der Waals surface area (Å²) >= 11 is 7.27. The molecular formula is C14H13ClN4O2S. The standard InChI is InChI=1S/C14H13ClN4O2S/c1-7-5-12(21-19-7)18-13(20)8(2)22-14-16-10-4-3-9(15)6-11(10)17-14/h3-6,8H,1-2H3,(H,16,17)(H,18,20)/t8-/m0/s1. The van der Waals surface area contributed by atoms with E-state index in [2.05, 4.69) is 20.4 Å². The number of nitrogens with one attached hydrogen (secondary N) is 2. The number of H-pyrrole nitrogens is 1. The molecule has 6 nitrogen and oxygen atoms in total. The van der Waals surface area contributed by atoms with Crippen LogP contribution < -0.4 is 5.32 Å². The summed E-state index contributed by atoms with van der Waals surface area (Å²) in [5, 5.41) is 7.35. The van der Waals surface area contributed by atoms with Gasteiger partial charge in [-0.2, -0.15) is 0 Å². The molecule has 22 heavy (non-hydrogen) atoms. The lowest BCUT2D eigenvalue weighted by atomic mass is 10.3. The minimum Gasteiger partial charge on any atom is -0.338 e. The molecule has 2 aromatic heterocycles. The van der Waals surface area contributed by atoms with Crippen molar-refractivity contribution in [3.05, 3.63) is 35.0 Å². The molecule has 114 valence electrons. The fourth-order valence-corrected chi connectivity index (χ4v) is 2.87. The van der Waals surface area contributed by atoms with Gasteiger partial charge in [-0.3, -0.25) is 10.1 Å². The van der Waals surface area contributed by atoms with Gasteiger partial charge in [0.1, 0.15) is 0 Å². The number of carbonyl (C=O) groups excluding carboxylic acids is 1. The molecule has 0 saturated heterocycles. The number of hydrogen-bond donors (Lipinski definition) is 2. The summed E-state index contributed by atoms with van der Waals surface area (Å²) in [5.41, 5.74) is 2.36. The number of halogens is 1. The molecule has 3 aromatic rings. The summed E-state index contributed by atoms with van der Waals surface area (Å²) in [4.78, 5) is 19.7. The Hall–Kier alpha value is -1.99. The van der Waals surface area contributed by atoms with Crippen molar-refractivity contribution >= 4 is 46.2 Å². The lowest BCUT2D eigenvalue weighted by Crippen LogP contribution is -2.22. The first-order chi connectivity index (χ1) is 10.5. The summed E-state index contributed by atoms with van der Waals surface area (Å²) in [6.45, 7) is 3.58. The topological polar surface area (TPSA) is 83.8 Å². The highest BCUT2D eigenvalue weighted by Crippen LogP contribution is 2.25. The van der Waals surface area contributed by atoms with Crippen LogP contribution in [-0.4, -0.2) is 26.3 Å². The Morgan fingerprint density at radius 2 is 2.27 bits per heavy atom. The van der Waals surface area contributed by atoms with E-state index in [9.17, 15) is 4.79 Å². The van der Waals surface area contributed by atoms with E-state index in [-0.39, 0.29) is 11.2 Å². The highest BCUT2D eigenvalue weighted by atomic mass is 35.5. The average Bonchev–Trinajstić information content (AvgIpc) is 3.04. The van der Waals surface area contributed by atoms with E-state index in [4.69, 9.17) is 16.1 Å². The van der Waals surface area contributed by atoms with Gasteiger partial charge in [0.2, 0.25) is 11.8 Å². The lowest BCUT2D eigenvalue weighted by Gasteiger charge is -2.07. The van der Waals surface area contributed by atoms with Gasteiger partial charge in [0.05, 0.1) is 22.0 Å². The zero-order chi connectivity index (χ0) is 15.7. The van der Waals surface area contributed by atoms with Gasteiger partial charge in [-0.05, 0) is 32.0 Å². The molecule has 1 atom stereocenters. The number of thioether (sulfide) groups is 1. The Morgan fingerprint density at radius 1 is 1.45 bits per heavy atom. The summed E-state index contributed by atoms with van der Waals surface area (Å²) in [5.74, 6) is 0.158. The zero-order valence-corrected chi connectivity index (χ0v) is 13.5. The Morgan fingerprint density at radius 3 is 3.00 bits per heavy atom. The van der Waals surface area contributed by atoms with Gasteiger partial charge in [0.15, 0.2) is 5.16 Å². The van der Waals surface area contributed by atoms with Crippen molar-refractivity contribution in [3.63, 3.8) is 0 Å². The molecule has 0 aliphatic carbocycles. The van der Waals surface area contributed by atoms with Gasteiger partial charge in [-0.1, -0.05) is 28.5 Å². The van der Waals surface area contributed by atoms with Gasteiger partial charge in [0.25, 0.3) is 0 Å². The second kappa shape index (κ2) is 6.02. The molecule has 0 unspecified atom stereocenters. The van der Waals surface area contributed by atoms with Crippen molar-refractivity contribution in [1.82, 2.24) is 15.1 Å². The molecule has 0 saturated carbocycles. The third kappa shape index (κ3) is 3.26. The quantitative estimate of drug-likeness (QED) is 0.711. The fourth-order valence-electron chi connectivity index (χ4n) is 1.88. The maximum Gasteiger partial charge on any atom is 0.240 e. The van der Waals surface area contributed by atoms with Crippen molar-refractivity contribution < 1.29 is 9.32 Å². The lowest BCUT2D eigenvalue weighted by molar-refractivity contribution is -0.115. The Bertz CT molecular complexity index is 829. The molecular weight excluding hydrogens is 324 g/mol. The molecule has 0 fully saturated rings. The SMILES string of the molecule is Cc1cc(NC(=O)[C@H](C)Sc2nc3ccc(Cl)cc3[nH]2)on1. The number of aryl methyl sites for hydroxylation is 1. The van der Waals surface area contributed by atoms with Crippen LogP contribution in [0.5, 0.6) is 0 Å². The van der Waals surface area contributed by atoms with E-state index in [0.29, 0.717) is 21.8 Å². The van der Waals surface area contributed by atoms with Gasteiger partial charge in [0, 0.05) is 11.1 Å². The summed E-state index contributed by atoms with van der Waals surface area (Å²) in [7, 11) is 0. The summed E-state index contributed by atoms with van der Waals surface area (Å²) in [6, 6.07) is 7.08. The third-order valence-electron chi connectivity index (χ3n) is 2.95. The van der Waals surface area contributed by atoms with Crippen LogP contribution in [0.15, 0.2) is 33.9 Å². The van der Waals surface area contributed by atoms with E-state index in [1.807, 2.05) is 6.07 Å². The van der Waals surface area contributed by atoms with Gasteiger partial charge in [-0.15, -0.1) is 0 Å². The Balaban J connectivity index is 1.69. The van der Waals surface area contributed by atoms with Crippen molar-refractivity contribution in [3.8, 4) is 0 Å². The molecule has 0 aliphatic heterocycles. The van der Waals surface area contributed by atoms with Gasteiger partial charge >= 0.3 is 0 Å². The Kier molecular flexibility index (Phi) is 4.08. The maximum absolute atomic E-state index is 12.1. The number of fused-ring (bicyclic) bond motifs is 1. The number of nitrogens with zero attached hydrogens (tertiary/aromatic N) is 2. The number of amides is 1. The first-order valence-corrected chi connectivity index (χ1v) is 7.83. The molecule has 8 heteroatoms. The van der Waals surface area contributed by atoms with E-state index in [1.165, 1.54) is 11.8 Å². The minimum absolute atomic E-state index is 0.181. The number of aromatic amines is 1. The van der Waals surface area contributed by atoms with E-state index in [1.54, 1.807) is 32.0 Å². The van der Waals surface area contributed by atoms with Crippen LogP contribution in [0.3, 0.4) is 0 Å². The number of benzene rings is 1. The number of imidazole rings is 1. The van der Waals surface area contributed by atoms with E-state index in [0.717, 1.165) is 11.0 Å². The molecule has 3 rings (SSSR count). The third-order valence-corrected chi connectivity index (χ3v) is 4.17. The molecule has 1 amide bonds. The number of hydrogen-bond acceptors (Lipinski definition) is 5. The van der Waals surface area contributed by atoms with Crippen LogP contribution in [0, 0.1) is 6.92 Å². The molecule has 0 radical (unpaired) electrons. The van der Waals surface area contributed by atoms with Crippen molar-refractivity contribution in [2.24, 2.45) is 0 Å². The monoisotopic (exact) mass is 336 g/mol. The number of anilines is 1. The molecule has 0 bridgehead atoms. The van der Waals surface area contributed by atoms with Crippen molar-refractivity contribution in [2.75, 3.05) is 5.32 Å². The molecule has 2 heterocycles. The van der Waals surface area contributed by atoms with Crippen molar-refractivity contribution in [1.29, 1.82) is 0 Å². The van der Waals surface area contributed by atoms with E-state index >= 15 is 0 Å². The molecule has 2 N–H and O–H groups in total. The Labute approximate surface area is 135 Å². The molecule has 1 aromatic carbocycles. The minimum atomic E-state index is -0.346. The number of carbonyl (C=O) groups is 1. The van der Waals surface area contributed by atoms with Crippen LogP contribution in [0.1, 0.15) is 12.6 Å². The van der Waals surface area contributed by atoms with Gasteiger partial charge in [-0.25, -0.2) is 4.98 Å². The number of aromatic nitrogens is 3. The van der Waals surface area contributed by atoms with E-state index < -0.39 is 0 Å². The maximum atomic E-state index is 12.1. The van der Waals surface area contributed by atoms with Crippen LogP contribution in [0.4, 0.5) is 5.88 Å². The predicted molar refractivity (Wildman–Crippen MR) is 86.3 cm³/mol. The second-order valence-corrected chi connectivity index (χ2v) is 6.55. The molecule has 0 spiro atoms. The largest absolute Gasteiger partial charge is 0.338 e. The first kappa shape index (κ1) is 14.9. The van der Waals surface area contributed by atoms with Crippen LogP contribution in [0.25, 0.3) is 11.0 Å². The predicted octanol–water partition coefficient (Wildman–Crippen LogP) is 3.63. The number of rotatable bonds is 4. The summed E-state index contributed by atoms with van der Waals surface area (Å²) in [6.07, 6.45) is 0. The highest BCUT2D eigenvalue weighted by Gasteiger charge is 2.18. The van der Waals surface area contributed by atoms with Gasteiger partial charge < -0.3 is 9.51 Å². The zero-order valence-electron chi connectivity index (χ0n) is 11.9. The normalized spacial score (nSPS) is 12.5. The van der Waals surface area contributed by atoms with Crippen molar-refractivity contribution in [2.45, 2.75) is 24.3 Å². The second-order valence-electron chi connectivity index (χ2n) is 4.79.